The Bertz CT molecular complexity index is 783. The molecule has 2 rings (SSSR count). The lowest BCUT2D eigenvalue weighted by Gasteiger charge is -2.29. The molecule has 0 N–H and O–H groups in total. The third kappa shape index (κ3) is 6.17. The zero-order chi connectivity index (χ0) is 18.4. The van der Waals surface area contributed by atoms with Crippen LogP contribution in [0.2, 0.25) is 0 Å². The summed E-state index contributed by atoms with van der Waals surface area (Å²) in [5.74, 6) is 0.361. The van der Waals surface area contributed by atoms with Gasteiger partial charge in [-0.3, -0.25) is 4.79 Å². The molecule has 0 saturated heterocycles. The molecule has 7 heteroatoms. The Morgan fingerprint density at radius 2 is 1.92 bits per heavy atom. The molecule has 0 saturated carbocycles. The van der Waals surface area contributed by atoms with Crippen molar-refractivity contribution in [2.24, 2.45) is 0 Å². The monoisotopic (exact) mass is 381 g/mol. The van der Waals surface area contributed by atoms with Crippen molar-refractivity contribution in [2.45, 2.75) is 39.3 Å². The van der Waals surface area contributed by atoms with Crippen LogP contribution in [0, 0.1) is 0 Å². The van der Waals surface area contributed by atoms with Gasteiger partial charge in [0, 0.05) is 17.5 Å². The summed E-state index contributed by atoms with van der Waals surface area (Å²) in [5.41, 5.74) is 0.931. The molecule has 0 radical (unpaired) electrons. The maximum atomic E-state index is 12.7. The number of amides is 1. The van der Waals surface area contributed by atoms with Crippen LogP contribution in [0.5, 0.6) is 5.75 Å². The summed E-state index contributed by atoms with van der Waals surface area (Å²) >= 11 is 1.58. The number of thiophene rings is 1. The molecule has 0 aliphatic carbocycles. The SMILES string of the molecule is CC[C@@H](C)N(Cc1ccc(OS(C)(=O)=O)cc1)C(=O)Cc1cccs1. The fraction of sp³-hybridized carbons (Fsp3) is 0.389. The molecular formula is C18H23NO4S2. The first-order chi connectivity index (χ1) is 11.8. The number of nitrogens with zero attached hydrogens (tertiary/aromatic N) is 1. The van der Waals surface area contributed by atoms with E-state index in [2.05, 4.69) is 6.92 Å². The number of carbonyl (C=O) groups excluding carboxylic acids is 1. The van der Waals surface area contributed by atoms with E-state index in [1.54, 1.807) is 35.6 Å². The van der Waals surface area contributed by atoms with Gasteiger partial charge < -0.3 is 9.08 Å². The van der Waals surface area contributed by atoms with Crippen molar-refractivity contribution in [1.82, 2.24) is 4.90 Å². The summed E-state index contributed by atoms with van der Waals surface area (Å²) in [6, 6.07) is 10.8. The smallest absolute Gasteiger partial charge is 0.306 e. The molecule has 0 aliphatic heterocycles. The lowest BCUT2D eigenvalue weighted by molar-refractivity contribution is -0.133. The van der Waals surface area contributed by atoms with E-state index in [1.165, 1.54) is 0 Å². The van der Waals surface area contributed by atoms with Crippen LogP contribution in [0.3, 0.4) is 0 Å². The summed E-state index contributed by atoms with van der Waals surface area (Å²) in [4.78, 5) is 15.6. The molecule has 0 spiro atoms. The van der Waals surface area contributed by atoms with Crippen LogP contribution in [-0.2, 0) is 27.9 Å². The number of benzene rings is 1. The van der Waals surface area contributed by atoms with E-state index in [9.17, 15) is 13.2 Å². The molecule has 1 aromatic heterocycles. The van der Waals surface area contributed by atoms with E-state index in [1.807, 2.05) is 29.3 Å². The predicted octanol–water partition coefficient (Wildman–Crippen LogP) is 3.46. The number of rotatable bonds is 8. The minimum Gasteiger partial charge on any atom is -0.383 e. The van der Waals surface area contributed by atoms with Gasteiger partial charge in [0.25, 0.3) is 0 Å². The van der Waals surface area contributed by atoms with Crippen LogP contribution in [0.15, 0.2) is 41.8 Å². The molecule has 0 bridgehead atoms. The normalized spacial score (nSPS) is 12.6. The van der Waals surface area contributed by atoms with Gasteiger partial charge in [0.2, 0.25) is 5.91 Å². The van der Waals surface area contributed by atoms with Crippen molar-refractivity contribution in [3.8, 4) is 5.75 Å². The summed E-state index contributed by atoms with van der Waals surface area (Å²) in [6.45, 7) is 4.57. The molecule has 0 aliphatic rings. The van der Waals surface area contributed by atoms with Crippen molar-refractivity contribution in [1.29, 1.82) is 0 Å². The molecule has 1 heterocycles. The van der Waals surface area contributed by atoms with Crippen molar-refractivity contribution in [3.63, 3.8) is 0 Å². The van der Waals surface area contributed by atoms with Crippen molar-refractivity contribution < 1.29 is 17.4 Å². The third-order valence-electron chi connectivity index (χ3n) is 3.87. The number of hydrogen-bond acceptors (Lipinski definition) is 5. The van der Waals surface area contributed by atoms with Crippen molar-refractivity contribution in [2.75, 3.05) is 6.26 Å². The van der Waals surface area contributed by atoms with E-state index < -0.39 is 10.1 Å². The van der Waals surface area contributed by atoms with Crippen molar-refractivity contribution >= 4 is 27.4 Å². The fourth-order valence-corrected chi connectivity index (χ4v) is 3.55. The van der Waals surface area contributed by atoms with Gasteiger partial charge >= 0.3 is 10.1 Å². The molecule has 0 fully saturated rings. The van der Waals surface area contributed by atoms with Gasteiger partial charge in [-0.15, -0.1) is 11.3 Å². The molecule has 1 aromatic carbocycles. The topological polar surface area (TPSA) is 63.7 Å². The Labute approximate surface area is 153 Å². The summed E-state index contributed by atoms with van der Waals surface area (Å²) < 4.78 is 27.2. The highest BCUT2D eigenvalue weighted by atomic mass is 32.2. The molecular weight excluding hydrogens is 358 g/mol. The van der Waals surface area contributed by atoms with Crippen LogP contribution < -0.4 is 4.18 Å². The first kappa shape index (κ1) is 19.5. The molecule has 136 valence electrons. The van der Waals surface area contributed by atoms with E-state index in [0.29, 0.717) is 13.0 Å². The maximum absolute atomic E-state index is 12.7. The molecule has 2 aromatic rings. The number of hydrogen-bond donors (Lipinski definition) is 0. The van der Waals surface area contributed by atoms with Crippen LogP contribution in [0.4, 0.5) is 0 Å². The Morgan fingerprint density at radius 3 is 2.44 bits per heavy atom. The Balaban J connectivity index is 2.09. The highest BCUT2D eigenvalue weighted by Crippen LogP contribution is 2.19. The highest BCUT2D eigenvalue weighted by molar-refractivity contribution is 7.86. The van der Waals surface area contributed by atoms with E-state index in [4.69, 9.17) is 4.18 Å². The van der Waals surface area contributed by atoms with E-state index in [0.717, 1.165) is 23.1 Å². The minimum absolute atomic E-state index is 0.0910. The van der Waals surface area contributed by atoms with Gasteiger partial charge in [-0.05, 0) is 42.5 Å². The predicted molar refractivity (Wildman–Crippen MR) is 100 cm³/mol. The molecule has 5 nitrogen and oxygen atoms in total. The van der Waals surface area contributed by atoms with Gasteiger partial charge in [0.1, 0.15) is 5.75 Å². The van der Waals surface area contributed by atoms with Crippen LogP contribution >= 0.6 is 11.3 Å². The van der Waals surface area contributed by atoms with Gasteiger partial charge in [0.05, 0.1) is 12.7 Å². The molecule has 1 atom stereocenters. The fourth-order valence-electron chi connectivity index (χ4n) is 2.40. The molecule has 1 amide bonds. The van der Waals surface area contributed by atoms with Crippen molar-refractivity contribution in [3.05, 3.63) is 52.2 Å². The average Bonchev–Trinajstić information content (AvgIpc) is 3.04. The summed E-state index contributed by atoms with van der Waals surface area (Å²) in [6.07, 6.45) is 2.28. The van der Waals surface area contributed by atoms with Gasteiger partial charge in [-0.25, -0.2) is 0 Å². The van der Waals surface area contributed by atoms with Crippen LogP contribution in [0.1, 0.15) is 30.7 Å². The number of carbonyl (C=O) groups is 1. The lowest BCUT2D eigenvalue weighted by Crippen LogP contribution is -2.38. The van der Waals surface area contributed by atoms with Gasteiger partial charge in [-0.1, -0.05) is 25.1 Å². The summed E-state index contributed by atoms with van der Waals surface area (Å²) in [5, 5.41) is 1.97. The standard InChI is InChI=1S/C18H23NO4S2/c1-4-14(2)19(18(20)12-17-6-5-11-24-17)13-15-7-9-16(10-8-15)23-25(3,21)22/h5-11,14H,4,12-13H2,1-3H3/t14-/m1/s1. The lowest BCUT2D eigenvalue weighted by atomic mass is 10.1. The molecule has 0 unspecified atom stereocenters. The van der Waals surface area contributed by atoms with Gasteiger partial charge in [0.15, 0.2) is 0 Å². The van der Waals surface area contributed by atoms with Crippen LogP contribution in [-0.4, -0.2) is 31.5 Å². The molecule has 25 heavy (non-hydrogen) atoms. The zero-order valence-corrected chi connectivity index (χ0v) is 16.3. The second-order valence-corrected chi connectivity index (χ2v) is 8.57. The first-order valence-electron chi connectivity index (χ1n) is 8.08. The second kappa shape index (κ2) is 8.49. The first-order valence-corrected chi connectivity index (χ1v) is 10.8. The van der Waals surface area contributed by atoms with E-state index >= 15 is 0 Å². The van der Waals surface area contributed by atoms with E-state index in [-0.39, 0.29) is 17.7 Å². The second-order valence-electron chi connectivity index (χ2n) is 5.97. The largest absolute Gasteiger partial charge is 0.383 e. The zero-order valence-electron chi connectivity index (χ0n) is 14.6. The highest BCUT2D eigenvalue weighted by Gasteiger charge is 2.20. The third-order valence-corrected chi connectivity index (χ3v) is 5.24. The summed E-state index contributed by atoms with van der Waals surface area (Å²) in [7, 11) is -3.54. The minimum atomic E-state index is -3.54. The Kier molecular flexibility index (Phi) is 6.61. The quantitative estimate of drug-likeness (QED) is 0.657. The average molecular weight is 382 g/mol. The maximum Gasteiger partial charge on any atom is 0.306 e. The van der Waals surface area contributed by atoms with Gasteiger partial charge in [-0.2, -0.15) is 8.42 Å². The Hall–Kier alpha value is -1.86. The van der Waals surface area contributed by atoms with Crippen LogP contribution in [0.25, 0.3) is 0 Å². The Morgan fingerprint density at radius 1 is 1.24 bits per heavy atom.